The van der Waals surface area contributed by atoms with Crippen LogP contribution in [-0.2, 0) is 4.79 Å². The fourth-order valence-corrected chi connectivity index (χ4v) is 2.44. The maximum Gasteiger partial charge on any atom is 0.326 e. The Morgan fingerprint density at radius 2 is 2.00 bits per heavy atom. The van der Waals surface area contributed by atoms with Gasteiger partial charge < -0.3 is 14.9 Å². The van der Waals surface area contributed by atoms with Gasteiger partial charge in [-0.25, -0.2) is 13.6 Å². The van der Waals surface area contributed by atoms with Gasteiger partial charge in [-0.05, 0) is 26.8 Å². The van der Waals surface area contributed by atoms with E-state index in [1.165, 1.54) is 6.07 Å². The van der Waals surface area contributed by atoms with E-state index in [0.29, 0.717) is 23.0 Å². The fourth-order valence-electron chi connectivity index (χ4n) is 2.44. The van der Waals surface area contributed by atoms with E-state index >= 15 is 0 Å². The number of halogens is 2. The van der Waals surface area contributed by atoms with Gasteiger partial charge in [0.15, 0.2) is 5.82 Å². The first-order chi connectivity index (χ1) is 11.2. The number of aliphatic carboxylic acids is 1. The number of nitrogens with one attached hydrogen (secondary N) is 1. The molecule has 0 saturated carbocycles. The molecule has 2 rings (SSSR count). The molecule has 0 aliphatic rings. The number of carbonyl (C=O) groups is 2. The molecule has 1 amide bonds. The zero-order valence-electron chi connectivity index (χ0n) is 13.3. The summed E-state index contributed by atoms with van der Waals surface area (Å²) in [6.07, 6.45) is -3.79. The molecule has 2 heterocycles. The number of aromatic nitrogens is 2. The standard InChI is InChI=1S/C15H17F2N3O4/c1-7-4-10(9(3)20(7)13-5-8(2)24-19-13)14(21)18-11(15(22)23)6-12(16)17/h4-5,11-12H,6H2,1-3H3,(H,18,21)(H,22,23). The van der Waals surface area contributed by atoms with Crippen molar-refractivity contribution in [1.29, 1.82) is 0 Å². The summed E-state index contributed by atoms with van der Waals surface area (Å²) in [6, 6.07) is 1.56. The molecule has 0 aliphatic heterocycles. The van der Waals surface area contributed by atoms with Crippen molar-refractivity contribution >= 4 is 11.9 Å². The number of hydrogen-bond donors (Lipinski definition) is 2. The Labute approximate surface area is 136 Å². The van der Waals surface area contributed by atoms with Gasteiger partial charge in [0.05, 0.1) is 5.56 Å². The lowest BCUT2D eigenvalue weighted by Crippen LogP contribution is -2.42. The highest BCUT2D eigenvalue weighted by atomic mass is 19.3. The Morgan fingerprint density at radius 3 is 2.50 bits per heavy atom. The minimum Gasteiger partial charge on any atom is -0.480 e. The van der Waals surface area contributed by atoms with E-state index in [4.69, 9.17) is 9.63 Å². The third-order valence-corrected chi connectivity index (χ3v) is 3.54. The monoisotopic (exact) mass is 341 g/mol. The third kappa shape index (κ3) is 3.61. The Bertz CT molecular complexity index is 767. The Balaban J connectivity index is 2.29. The van der Waals surface area contributed by atoms with Crippen LogP contribution in [0.25, 0.3) is 5.82 Å². The molecule has 9 heteroatoms. The van der Waals surface area contributed by atoms with E-state index in [0.717, 1.165) is 0 Å². The van der Waals surface area contributed by atoms with Crippen molar-refractivity contribution in [1.82, 2.24) is 15.0 Å². The molecular formula is C15H17F2N3O4. The van der Waals surface area contributed by atoms with E-state index in [9.17, 15) is 18.4 Å². The van der Waals surface area contributed by atoms with E-state index in [2.05, 4.69) is 10.5 Å². The summed E-state index contributed by atoms with van der Waals surface area (Å²) in [5.74, 6) is -1.18. The molecule has 0 bridgehead atoms. The molecule has 2 aromatic rings. The van der Waals surface area contributed by atoms with Crippen LogP contribution in [0.5, 0.6) is 0 Å². The van der Waals surface area contributed by atoms with Gasteiger partial charge in [0, 0.05) is 23.9 Å². The summed E-state index contributed by atoms with van der Waals surface area (Å²) < 4.78 is 31.5. The van der Waals surface area contributed by atoms with Gasteiger partial charge in [-0.1, -0.05) is 5.16 Å². The zero-order valence-corrected chi connectivity index (χ0v) is 13.3. The number of alkyl halides is 2. The van der Waals surface area contributed by atoms with Crippen molar-refractivity contribution in [3.8, 4) is 5.82 Å². The Morgan fingerprint density at radius 1 is 1.33 bits per heavy atom. The minimum absolute atomic E-state index is 0.189. The summed E-state index contributed by atoms with van der Waals surface area (Å²) in [4.78, 5) is 23.3. The SMILES string of the molecule is Cc1cc(-n2c(C)cc(C(=O)NC(CC(F)F)C(=O)O)c2C)no1. The second kappa shape index (κ2) is 6.81. The lowest BCUT2D eigenvalue weighted by atomic mass is 10.1. The van der Waals surface area contributed by atoms with Gasteiger partial charge in [0.25, 0.3) is 5.91 Å². The van der Waals surface area contributed by atoms with Crippen molar-refractivity contribution in [2.45, 2.75) is 39.7 Å². The number of hydrogen-bond acceptors (Lipinski definition) is 4. The maximum absolute atomic E-state index is 12.4. The number of nitrogens with zero attached hydrogens (tertiary/aromatic N) is 2. The van der Waals surface area contributed by atoms with Crippen LogP contribution >= 0.6 is 0 Å². The van der Waals surface area contributed by atoms with Gasteiger partial charge in [-0.15, -0.1) is 0 Å². The summed E-state index contributed by atoms with van der Waals surface area (Å²) >= 11 is 0. The number of amides is 1. The van der Waals surface area contributed by atoms with Crippen molar-refractivity contribution in [3.05, 3.63) is 34.8 Å². The highest BCUT2D eigenvalue weighted by Crippen LogP contribution is 2.21. The Kier molecular flexibility index (Phi) is 5.01. The summed E-state index contributed by atoms with van der Waals surface area (Å²) in [7, 11) is 0. The molecule has 1 atom stereocenters. The highest BCUT2D eigenvalue weighted by molar-refractivity contribution is 5.98. The quantitative estimate of drug-likeness (QED) is 0.840. The lowest BCUT2D eigenvalue weighted by molar-refractivity contribution is -0.140. The van der Waals surface area contributed by atoms with Crippen molar-refractivity contribution in [2.24, 2.45) is 0 Å². The van der Waals surface area contributed by atoms with E-state index in [1.807, 2.05) is 0 Å². The van der Waals surface area contributed by atoms with Gasteiger partial charge in [-0.2, -0.15) is 0 Å². The molecule has 0 spiro atoms. The van der Waals surface area contributed by atoms with Gasteiger partial charge >= 0.3 is 5.97 Å². The van der Waals surface area contributed by atoms with Crippen LogP contribution in [0.2, 0.25) is 0 Å². The molecule has 130 valence electrons. The zero-order chi connectivity index (χ0) is 18.0. The number of carboxylic acids is 1. The molecule has 0 saturated heterocycles. The van der Waals surface area contributed by atoms with Crippen LogP contribution in [0, 0.1) is 20.8 Å². The number of aryl methyl sites for hydroxylation is 2. The highest BCUT2D eigenvalue weighted by Gasteiger charge is 2.26. The van der Waals surface area contributed by atoms with Crippen LogP contribution in [-0.4, -0.2) is 39.2 Å². The van der Waals surface area contributed by atoms with Crippen LogP contribution in [0.3, 0.4) is 0 Å². The normalized spacial score (nSPS) is 12.4. The van der Waals surface area contributed by atoms with Crippen molar-refractivity contribution in [3.63, 3.8) is 0 Å². The third-order valence-electron chi connectivity index (χ3n) is 3.54. The average molecular weight is 341 g/mol. The molecule has 7 nitrogen and oxygen atoms in total. The topological polar surface area (TPSA) is 97.4 Å². The number of carbonyl (C=O) groups excluding carboxylic acids is 1. The summed E-state index contributed by atoms with van der Waals surface area (Å²) in [5.41, 5.74) is 1.36. The first kappa shape index (κ1) is 17.6. The second-order valence-corrected chi connectivity index (χ2v) is 5.41. The van der Waals surface area contributed by atoms with Crippen LogP contribution < -0.4 is 5.32 Å². The lowest BCUT2D eigenvalue weighted by Gasteiger charge is -2.14. The van der Waals surface area contributed by atoms with E-state index in [1.54, 1.807) is 31.4 Å². The Hall–Kier alpha value is -2.71. The first-order valence-corrected chi connectivity index (χ1v) is 7.15. The minimum atomic E-state index is -2.84. The van der Waals surface area contributed by atoms with Gasteiger partial charge in [-0.3, -0.25) is 9.36 Å². The van der Waals surface area contributed by atoms with E-state index in [-0.39, 0.29) is 5.56 Å². The molecule has 1 unspecified atom stereocenters. The van der Waals surface area contributed by atoms with Gasteiger partial charge in [0.1, 0.15) is 11.8 Å². The fraction of sp³-hybridized carbons (Fsp3) is 0.400. The molecule has 2 N–H and O–H groups in total. The first-order valence-electron chi connectivity index (χ1n) is 7.15. The molecule has 0 aliphatic carbocycles. The smallest absolute Gasteiger partial charge is 0.326 e. The summed E-state index contributed by atoms with van der Waals surface area (Å²) in [6.45, 7) is 5.11. The predicted molar refractivity (Wildman–Crippen MR) is 79.6 cm³/mol. The average Bonchev–Trinajstić information content (AvgIpc) is 3.01. The number of rotatable bonds is 6. The summed E-state index contributed by atoms with van der Waals surface area (Å²) in [5, 5.41) is 15.0. The van der Waals surface area contributed by atoms with Crippen LogP contribution in [0.4, 0.5) is 8.78 Å². The van der Waals surface area contributed by atoms with E-state index < -0.39 is 30.8 Å². The molecule has 0 fully saturated rings. The molecule has 24 heavy (non-hydrogen) atoms. The van der Waals surface area contributed by atoms with Gasteiger partial charge in [0.2, 0.25) is 6.43 Å². The molecular weight excluding hydrogens is 324 g/mol. The molecule has 2 aromatic heterocycles. The predicted octanol–water partition coefficient (Wildman–Crippen LogP) is 2.23. The largest absolute Gasteiger partial charge is 0.480 e. The van der Waals surface area contributed by atoms with Crippen molar-refractivity contribution < 1.29 is 28.0 Å². The second-order valence-electron chi connectivity index (χ2n) is 5.41. The maximum atomic E-state index is 12.4. The van der Waals surface area contributed by atoms with Crippen LogP contribution in [0.15, 0.2) is 16.7 Å². The van der Waals surface area contributed by atoms with Crippen LogP contribution in [0.1, 0.15) is 33.9 Å². The van der Waals surface area contributed by atoms with Crippen molar-refractivity contribution in [2.75, 3.05) is 0 Å². The number of carboxylic acid groups (broad SMARTS) is 1. The molecule has 0 radical (unpaired) electrons. The molecule has 0 aromatic carbocycles.